The fraction of sp³-hybridized carbons (Fsp3) is 0.100. The van der Waals surface area contributed by atoms with Crippen molar-refractivity contribution in [2.75, 3.05) is 0 Å². The molecule has 0 spiro atoms. The van der Waals surface area contributed by atoms with Crippen LogP contribution in [0.2, 0.25) is 10.0 Å². The van der Waals surface area contributed by atoms with Crippen LogP contribution in [0.4, 0.5) is 13.2 Å². The molecule has 0 amide bonds. The highest BCUT2D eigenvalue weighted by atomic mass is 35.5. The molecule has 0 saturated heterocycles. The van der Waals surface area contributed by atoms with Crippen LogP contribution in [0.15, 0.2) is 18.2 Å². The first-order chi connectivity index (χ1) is 7.49. The van der Waals surface area contributed by atoms with Crippen LogP contribution in [0.25, 0.3) is 10.9 Å². The van der Waals surface area contributed by atoms with Crippen molar-refractivity contribution in [3.05, 3.63) is 39.8 Å². The summed E-state index contributed by atoms with van der Waals surface area (Å²) >= 11 is 11.4. The summed E-state index contributed by atoms with van der Waals surface area (Å²) < 4.78 is 38.3. The monoisotopic (exact) mass is 265 g/mol. The normalized spacial score (nSPS) is 11.4. The van der Waals surface area contributed by atoms with E-state index in [1.165, 1.54) is 6.07 Å². The lowest BCUT2D eigenvalue weighted by atomic mass is 10.2. The molecule has 6 heteroatoms. The molecule has 2 aromatic rings. The minimum atomic E-state index is -2.79. The van der Waals surface area contributed by atoms with E-state index in [9.17, 15) is 13.2 Å². The second-order valence-corrected chi connectivity index (χ2v) is 3.96. The topological polar surface area (TPSA) is 12.9 Å². The van der Waals surface area contributed by atoms with E-state index < -0.39 is 17.9 Å². The van der Waals surface area contributed by atoms with Crippen molar-refractivity contribution < 1.29 is 13.2 Å². The smallest absolute Gasteiger partial charge is 0.244 e. The molecule has 2 rings (SSSR count). The summed E-state index contributed by atoms with van der Waals surface area (Å²) in [5.74, 6) is -0.771. The Bertz CT molecular complexity index is 557. The van der Waals surface area contributed by atoms with E-state index in [0.717, 1.165) is 12.1 Å². The van der Waals surface area contributed by atoms with Crippen LogP contribution in [0.5, 0.6) is 0 Å². The first-order valence-electron chi connectivity index (χ1n) is 4.22. The van der Waals surface area contributed by atoms with Gasteiger partial charge in [-0.15, -0.1) is 0 Å². The van der Waals surface area contributed by atoms with Gasteiger partial charge in [-0.05, 0) is 18.2 Å². The zero-order chi connectivity index (χ0) is 11.9. The van der Waals surface area contributed by atoms with Gasteiger partial charge in [0, 0.05) is 10.4 Å². The molecular weight excluding hydrogens is 262 g/mol. The molecule has 0 aliphatic carbocycles. The van der Waals surface area contributed by atoms with Gasteiger partial charge in [-0.25, -0.2) is 18.2 Å². The van der Waals surface area contributed by atoms with Gasteiger partial charge in [0.25, 0.3) is 6.43 Å². The third-order valence-corrected chi connectivity index (χ3v) is 2.56. The predicted molar refractivity (Wildman–Crippen MR) is 56.7 cm³/mol. The van der Waals surface area contributed by atoms with Crippen LogP contribution in [0.1, 0.15) is 12.1 Å². The van der Waals surface area contributed by atoms with Gasteiger partial charge >= 0.3 is 0 Å². The molecule has 0 aliphatic heterocycles. The van der Waals surface area contributed by atoms with Crippen molar-refractivity contribution in [3.8, 4) is 0 Å². The average Bonchev–Trinajstić information content (AvgIpc) is 2.19. The van der Waals surface area contributed by atoms with Gasteiger partial charge in [0.05, 0.1) is 5.02 Å². The molecule has 0 unspecified atom stereocenters. The number of alkyl halides is 2. The number of pyridine rings is 1. The Labute approximate surface area is 98.8 Å². The Morgan fingerprint density at radius 1 is 1.12 bits per heavy atom. The van der Waals surface area contributed by atoms with Gasteiger partial charge in [-0.1, -0.05) is 23.2 Å². The first-order valence-corrected chi connectivity index (χ1v) is 4.98. The largest absolute Gasteiger partial charge is 0.280 e. The van der Waals surface area contributed by atoms with E-state index in [2.05, 4.69) is 4.98 Å². The van der Waals surface area contributed by atoms with Crippen molar-refractivity contribution in [2.24, 2.45) is 0 Å². The van der Waals surface area contributed by atoms with E-state index in [1.54, 1.807) is 0 Å². The minimum absolute atomic E-state index is 0.00157. The van der Waals surface area contributed by atoms with Crippen molar-refractivity contribution in [1.82, 2.24) is 4.98 Å². The zero-order valence-electron chi connectivity index (χ0n) is 7.65. The molecule has 0 saturated carbocycles. The maximum absolute atomic E-state index is 13.4. The fourth-order valence-corrected chi connectivity index (χ4v) is 1.80. The molecule has 0 atom stereocenters. The highest BCUT2D eigenvalue weighted by molar-refractivity contribution is 6.36. The van der Waals surface area contributed by atoms with Crippen LogP contribution in [0.3, 0.4) is 0 Å². The summed E-state index contributed by atoms with van der Waals surface area (Å²) in [7, 11) is 0. The van der Waals surface area contributed by atoms with E-state index >= 15 is 0 Å². The number of hydrogen-bond acceptors (Lipinski definition) is 1. The number of fused-ring (bicyclic) bond motifs is 1. The summed E-state index contributed by atoms with van der Waals surface area (Å²) in [4.78, 5) is 3.51. The Kier molecular flexibility index (Phi) is 2.95. The van der Waals surface area contributed by atoms with E-state index in [0.29, 0.717) is 0 Å². The van der Waals surface area contributed by atoms with E-state index in [-0.39, 0.29) is 20.9 Å². The summed E-state index contributed by atoms with van der Waals surface area (Å²) in [5.41, 5.74) is -0.758. The van der Waals surface area contributed by atoms with Gasteiger partial charge < -0.3 is 0 Å². The van der Waals surface area contributed by atoms with Gasteiger partial charge in [0.1, 0.15) is 11.2 Å². The molecule has 84 valence electrons. The molecule has 1 aromatic carbocycles. The molecule has 16 heavy (non-hydrogen) atoms. The van der Waals surface area contributed by atoms with Crippen LogP contribution in [0, 0.1) is 5.82 Å². The highest BCUT2D eigenvalue weighted by Gasteiger charge is 2.15. The quantitative estimate of drug-likeness (QED) is 0.733. The molecular formula is C10H4Cl2F3N. The van der Waals surface area contributed by atoms with E-state index in [4.69, 9.17) is 23.2 Å². The summed E-state index contributed by atoms with van der Waals surface area (Å²) in [6, 6.07) is 3.39. The third-order valence-electron chi connectivity index (χ3n) is 2.02. The number of hydrogen-bond donors (Lipinski definition) is 0. The lowest BCUT2D eigenvalue weighted by molar-refractivity contribution is 0.146. The molecule has 1 heterocycles. The number of aromatic nitrogens is 1. The second kappa shape index (κ2) is 4.11. The fourth-order valence-electron chi connectivity index (χ4n) is 1.34. The van der Waals surface area contributed by atoms with Gasteiger partial charge in [0.15, 0.2) is 5.82 Å². The molecule has 1 nitrogen and oxygen atoms in total. The Morgan fingerprint density at radius 3 is 2.44 bits per heavy atom. The van der Waals surface area contributed by atoms with Gasteiger partial charge in [0.2, 0.25) is 0 Å². The summed E-state index contributed by atoms with van der Waals surface area (Å²) in [6.07, 6.45) is -2.79. The van der Waals surface area contributed by atoms with E-state index in [1.807, 2.05) is 0 Å². The number of halogens is 5. The minimum Gasteiger partial charge on any atom is -0.244 e. The molecule has 0 fully saturated rings. The Morgan fingerprint density at radius 2 is 1.81 bits per heavy atom. The van der Waals surface area contributed by atoms with Crippen molar-refractivity contribution in [1.29, 1.82) is 0 Å². The van der Waals surface area contributed by atoms with Crippen LogP contribution < -0.4 is 0 Å². The Hall–Kier alpha value is -1.00. The zero-order valence-corrected chi connectivity index (χ0v) is 9.16. The SMILES string of the molecule is Fc1cc(Cl)cc2c(Cl)cc(C(F)F)nc12. The van der Waals surface area contributed by atoms with Gasteiger partial charge in [-0.2, -0.15) is 0 Å². The third kappa shape index (κ3) is 1.95. The maximum Gasteiger partial charge on any atom is 0.280 e. The maximum atomic E-state index is 13.4. The average molecular weight is 266 g/mol. The Balaban J connectivity index is 2.82. The lowest BCUT2D eigenvalue weighted by Crippen LogP contribution is -1.94. The number of benzene rings is 1. The highest BCUT2D eigenvalue weighted by Crippen LogP contribution is 2.30. The number of rotatable bonds is 1. The van der Waals surface area contributed by atoms with Crippen molar-refractivity contribution in [2.45, 2.75) is 6.43 Å². The molecule has 0 radical (unpaired) electrons. The lowest BCUT2D eigenvalue weighted by Gasteiger charge is -2.05. The van der Waals surface area contributed by atoms with Gasteiger partial charge in [-0.3, -0.25) is 0 Å². The predicted octanol–water partition coefficient (Wildman–Crippen LogP) is 4.62. The van der Waals surface area contributed by atoms with Crippen LogP contribution >= 0.6 is 23.2 Å². The van der Waals surface area contributed by atoms with Crippen LogP contribution in [-0.4, -0.2) is 4.98 Å². The number of nitrogens with zero attached hydrogens (tertiary/aromatic N) is 1. The standard InChI is InChI=1S/C10H4Cl2F3N/c11-4-1-5-6(12)3-8(10(14)15)16-9(5)7(13)2-4/h1-3,10H. The molecule has 0 bridgehead atoms. The van der Waals surface area contributed by atoms with Crippen LogP contribution in [-0.2, 0) is 0 Å². The van der Waals surface area contributed by atoms with Crippen molar-refractivity contribution in [3.63, 3.8) is 0 Å². The molecule has 1 aromatic heterocycles. The molecule has 0 aliphatic rings. The summed E-state index contributed by atoms with van der Waals surface area (Å²) in [6.45, 7) is 0. The molecule has 0 N–H and O–H groups in total. The second-order valence-electron chi connectivity index (χ2n) is 3.11. The van der Waals surface area contributed by atoms with Crippen molar-refractivity contribution >= 4 is 34.1 Å². The summed E-state index contributed by atoms with van der Waals surface area (Å²) in [5, 5.41) is 0.358. The first kappa shape index (κ1) is 11.5.